The molecule has 4 rings (SSSR count). The second-order valence-corrected chi connectivity index (χ2v) is 6.85. The molecule has 4 aromatic rings. The Labute approximate surface area is 166 Å². The second kappa shape index (κ2) is 8.41. The van der Waals surface area contributed by atoms with Gasteiger partial charge in [0, 0.05) is 24.2 Å². The Morgan fingerprint density at radius 2 is 1.93 bits per heavy atom. The van der Waals surface area contributed by atoms with E-state index in [0.29, 0.717) is 0 Å². The van der Waals surface area contributed by atoms with E-state index in [0.717, 1.165) is 38.3 Å². The van der Waals surface area contributed by atoms with Crippen LogP contribution < -0.4 is 10.2 Å². The number of hydrazone groups is 1. The van der Waals surface area contributed by atoms with Crippen LogP contribution >= 0.6 is 11.3 Å². The number of pyridine rings is 2. The molecule has 0 aliphatic rings. The molecule has 138 valence electrons. The zero-order valence-corrected chi connectivity index (χ0v) is 15.9. The van der Waals surface area contributed by atoms with Gasteiger partial charge < -0.3 is 4.74 Å². The van der Waals surface area contributed by atoms with E-state index >= 15 is 0 Å². The average Bonchev–Trinajstić information content (AvgIpc) is 3.26. The van der Waals surface area contributed by atoms with Crippen LogP contribution in [0.2, 0.25) is 0 Å². The van der Waals surface area contributed by atoms with Crippen LogP contribution in [0.25, 0.3) is 21.1 Å². The van der Waals surface area contributed by atoms with E-state index in [4.69, 9.17) is 4.74 Å². The van der Waals surface area contributed by atoms with Crippen LogP contribution in [0.1, 0.15) is 5.69 Å². The molecule has 28 heavy (non-hydrogen) atoms. The molecule has 0 saturated carbocycles. The summed E-state index contributed by atoms with van der Waals surface area (Å²) in [6.07, 6.45) is 7.09. The Morgan fingerprint density at radius 1 is 1.04 bits per heavy atom. The molecule has 0 spiro atoms. The summed E-state index contributed by atoms with van der Waals surface area (Å²) in [4.78, 5) is 14.3. The molecule has 0 fully saturated rings. The van der Waals surface area contributed by atoms with Crippen molar-refractivity contribution >= 4 is 23.2 Å². The number of benzene rings is 1. The minimum atomic E-state index is 0.759. The van der Waals surface area contributed by atoms with E-state index in [1.807, 2.05) is 67.0 Å². The van der Waals surface area contributed by atoms with E-state index in [-0.39, 0.29) is 0 Å². The average molecular weight is 387 g/mol. The molecule has 0 aliphatic carbocycles. The molecule has 3 aromatic heterocycles. The lowest BCUT2D eigenvalue weighted by molar-refractivity contribution is 0.415. The Hall–Kier alpha value is -3.58. The Morgan fingerprint density at radius 3 is 2.71 bits per heavy atom. The minimum Gasteiger partial charge on any atom is -0.497 e. The van der Waals surface area contributed by atoms with Gasteiger partial charge in [0.1, 0.15) is 10.8 Å². The maximum Gasteiger partial charge on any atom is 0.125 e. The number of methoxy groups -OCH3 is 1. The van der Waals surface area contributed by atoms with Crippen molar-refractivity contribution in [3.8, 4) is 26.9 Å². The number of anilines is 1. The van der Waals surface area contributed by atoms with Crippen LogP contribution in [0.15, 0.2) is 78.3 Å². The molecule has 3 heterocycles. The van der Waals surface area contributed by atoms with Gasteiger partial charge in [0.2, 0.25) is 0 Å². The topological polar surface area (TPSA) is 72.3 Å². The number of nitrogens with zero attached hydrogens (tertiary/aromatic N) is 4. The molecule has 1 aromatic carbocycles. The van der Waals surface area contributed by atoms with Crippen molar-refractivity contribution in [2.24, 2.45) is 5.10 Å². The monoisotopic (exact) mass is 387 g/mol. The number of thiazole rings is 1. The molecule has 0 amide bonds. The first kappa shape index (κ1) is 17.8. The summed E-state index contributed by atoms with van der Waals surface area (Å²) in [5, 5.41) is 5.18. The third-order valence-electron chi connectivity index (χ3n) is 3.92. The molecular weight excluding hydrogens is 370 g/mol. The van der Waals surface area contributed by atoms with E-state index in [1.54, 1.807) is 30.9 Å². The molecule has 0 unspecified atom stereocenters. The molecule has 0 aliphatic heterocycles. The molecule has 7 heteroatoms. The standard InChI is InChI=1S/C21H17N5OS/c1-27-18-9-7-16(8-10-18)26-24-13-17-5-2-6-19(25-17)20-14-23-21(28-20)15-4-3-11-22-12-15/h2-14,26H,1H3/b24-13+. The van der Waals surface area contributed by atoms with E-state index in [9.17, 15) is 0 Å². The maximum atomic E-state index is 5.14. The molecule has 0 radical (unpaired) electrons. The first-order valence-electron chi connectivity index (χ1n) is 8.58. The normalized spacial score (nSPS) is 10.9. The second-order valence-electron chi connectivity index (χ2n) is 5.82. The molecule has 0 saturated heterocycles. The Kier molecular flexibility index (Phi) is 5.35. The van der Waals surface area contributed by atoms with Gasteiger partial charge in [-0.2, -0.15) is 5.10 Å². The van der Waals surface area contributed by atoms with Crippen molar-refractivity contribution in [3.63, 3.8) is 0 Å². The first-order valence-corrected chi connectivity index (χ1v) is 9.40. The highest BCUT2D eigenvalue weighted by atomic mass is 32.1. The smallest absolute Gasteiger partial charge is 0.125 e. The number of hydrogen-bond acceptors (Lipinski definition) is 7. The zero-order chi connectivity index (χ0) is 19.2. The molecule has 1 N–H and O–H groups in total. The lowest BCUT2D eigenvalue weighted by Crippen LogP contribution is -1.94. The quantitative estimate of drug-likeness (QED) is 0.383. The summed E-state index contributed by atoms with van der Waals surface area (Å²) in [6.45, 7) is 0. The predicted octanol–water partition coefficient (Wildman–Crippen LogP) is 4.72. The number of nitrogens with one attached hydrogen (secondary N) is 1. The van der Waals surface area contributed by atoms with Gasteiger partial charge in [0.05, 0.1) is 35.3 Å². The fourth-order valence-electron chi connectivity index (χ4n) is 2.51. The molecule has 6 nitrogen and oxygen atoms in total. The first-order chi connectivity index (χ1) is 13.8. The number of hydrogen-bond donors (Lipinski definition) is 1. The van der Waals surface area contributed by atoms with Crippen LogP contribution in [-0.4, -0.2) is 28.3 Å². The van der Waals surface area contributed by atoms with Crippen molar-refractivity contribution in [1.29, 1.82) is 0 Å². The minimum absolute atomic E-state index is 0.759. The zero-order valence-electron chi connectivity index (χ0n) is 15.1. The molecular formula is C21H17N5OS. The fraction of sp³-hybridized carbons (Fsp3) is 0.0476. The number of ether oxygens (including phenoxy) is 1. The van der Waals surface area contributed by atoms with Gasteiger partial charge in [-0.15, -0.1) is 11.3 Å². The lowest BCUT2D eigenvalue weighted by atomic mass is 10.3. The van der Waals surface area contributed by atoms with Gasteiger partial charge in [-0.1, -0.05) is 6.07 Å². The SMILES string of the molecule is COc1ccc(N/N=C/c2cccc(-c3cnc(-c4cccnc4)s3)n2)cc1. The highest BCUT2D eigenvalue weighted by Gasteiger charge is 2.08. The molecule has 0 atom stereocenters. The van der Waals surface area contributed by atoms with Gasteiger partial charge in [0.15, 0.2) is 0 Å². The van der Waals surface area contributed by atoms with Gasteiger partial charge in [-0.25, -0.2) is 9.97 Å². The van der Waals surface area contributed by atoms with Crippen molar-refractivity contribution in [3.05, 3.63) is 78.9 Å². The lowest BCUT2D eigenvalue weighted by Gasteiger charge is -2.02. The summed E-state index contributed by atoms with van der Waals surface area (Å²) < 4.78 is 5.14. The van der Waals surface area contributed by atoms with Gasteiger partial charge >= 0.3 is 0 Å². The number of rotatable bonds is 6. The van der Waals surface area contributed by atoms with Crippen LogP contribution in [0.5, 0.6) is 5.75 Å². The van der Waals surface area contributed by atoms with Gasteiger partial charge in [0.25, 0.3) is 0 Å². The van der Waals surface area contributed by atoms with Gasteiger partial charge in [-0.3, -0.25) is 10.4 Å². The molecule has 0 bridgehead atoms. The van der Waals surface area contributed by atoms with Crippen molar-refractivity contribution in [2.75, 3.05) is 12.5 Å². The van der Waals surface area contributed by atoms with Gasteiger partial charge in [-0.05, 0) is 48.5 Å². The summed E-state index contributed by atoms with van der Waals surface area (Å²) >= 11 is 1.59. The highest BCUT2D eigenvalue weighted by molar-refractivity contribution is 7.18. The van der Waals surface area contributed by atoms with Crippen LogP contribution in [0.4, 0.5) is 5.69 Å². The Bertz CT molecular complexity index is 1080. The maximum absolute atomic E-state index is 5.14. The fourth-order valence-corrected chi connectivity index (χ4v) is 3.39. The van der Waals surface area contributed by atoms with Crippen molar-refractivity contribution < 1.29 is 4.74 Å². The largest absolute Gasteiger partial charge is 0.497 e. The van der Waals surface area contributed by atoms with Crippen molar-refractivity contribution in [2.45, 2.75) is 0 Å². The third kappa shape index (κ3) is 4.21. The third-order valence-corrected chi connectivity index (χ3v) is 4.99. The van der Waals surface area contributed by atoms with Crippen molar-refractivity contribution in [1.82, 2.24) is 15.0 Å². The van der Waals surface area contributed by atoms with Crippen LogP contribution in [-0.2, 0) is 0 Å². The van der Waals surface area contributed by atoms with Crippen LogP contribution in [0, 0.1) is 0 Å². The Balaban J connectivity index is 1.47. The summed E-state index contributed by atoms with van der Waals surface area (Å²) in [5.74, 6) is 0.805. The highest BCUT2D eigenvalue weighted by Crippen LogP contribution is 2.30. The summed E-state index contributed by atoms with van der Waals surface area (Å²) in [5.41, 5.74) is 6.48. The van der Waals surface area contributed by atoms with E-state index < -0.39 is 0 Å². The number of aromatic nitrogens is 3. The predicted molar refractivity (Wildman–Crippen MR) is 113 cm³/mol. The van der Waals surface area contributed by atoms with E-state index in [2.05, 4.69) is 25.5 Å². The van der Waals surface area contributed by atoms with Crippen LogP contribution in [0.3, 0.4) is 0 Å². The summed E-state index contributed by atoms with van der Waals surface area (Å²) in [7, 11) is 1.64. The summed E-state index contributed by atoms with van der Waals surface area (Å²) in [6, 6.07) is 17.3. The van der Waals surface area contributed by atoms with E-state index in [1.165, 1.54) is 0 Å².